The second-order valence-corrected chi connectivity index (χ2v) is 5.69. The van der Waals surface area contributed by atoms with Gasteiger partial charge in [0.2, 0.25) is 5.91 Å². The van der Waals surface area contributed by atoms with Gasteiger partial charge in [-0.15, -0.1) is 0 Å². The van der Waals surface area contributed by atoms with Crippen LogP contribution in [0.3, 0.4) is 0 Å². The normalized spacial score (nSPS) is 32.9. The smallest absolute Gasteiger partial charge is 0.234 e. The lowest BCUT2D eigenvalue weighted by molar-refractivity contribution is -0.122. The number of aliphatic hydroxyl groups is 1. The minimum atomic E-state index is -0.144. The maximum Gasteiger partial charge on any atom is 0.234 e. The molecule has 2 aliphatic rings. The Labute approximate surface area is 110 Å². The highest BCUT2D eigenvalue weighted by Crippen LogP contribution is 2.35. The van der Waals surface area contributed by atoms with Crippen molar-refractivity contribution in [1.82, 2.24) is 10.2 Å². The van der Waals surface area contributed by atoms with E-state index in [0.717, 1.165) is 51.6 Å². The maximum absolute atomic E-state index is 11.8. The van der Waals surface area contributed by atoms with Crippen LogP contribution in [0.1, 0.15) is 45.4 Å². The Morgan fingerprint density at radius 2 is 2.17 bits per heavy atom. The van der Waals surface area contributed by atoms with Crippen LogP contribution in [-0.4, -0.2) is 47.7 Å². The molecule has 1 amide bonds. The molecule has 3 atom stereocenters. The number of rotatable bonds is 5. The minimum Gasteiger partial charge on any atom is -0.393 e. The highest BCUT2D eigenvalue weighted by atomic mass is 16.3. The Morgan fingerprint density at radius 1 is 1.33 bits per heavy atom. The molecule has 1 saturated heterocycles. The van der Waals surface area contributed by atoms with Crippen molar-refractivity contribution in [3.63, 3.8) is 0 Å². The Hall–Kier alpha value is -0.610. The van der Waals surface area contributed by atoms with Gasteiger partial charge in [-0.25, -0.2) is 0 Å². The first-order chi connectivity index (χ1) is 8.72. The van der Waals surface area contributed by atoms with Gasteiger partial charge in [0, 0.05) is 18.5 Å². The summed E-state index contributed by atoms with van der Waals surface area (Å²) >= 11 is 0. The zero-order chi connectivity index (χ0) is 13.0. The molecule has 104 valence electrons. The van der Waals surface area contributed by atoms with Crippen molar-refractivity contribution in [3.8, 4) is 0 Å². The fourth-order valence-corrected chi connectivity index (χ4v) is 3.46. The van der Waals surface area contributed by atoms with Gasteiger partial charge in [0.15, 0.2) is 0 Å². The zero-order valence-corrected chi connectivity index (χ0v) is 11.4. The standard InChI is InChI=1S/C14H26N2O2/c1-2-8-15-14(18)10-16-9-4-6-12(16)11-5-3-7-13(11)17/h11-13,17H,2-10H2,1H3,(H,15,18). The van der Waals surface area contributed by atoms with E-state index in [1.54, 1.807) is 0 Å². The molecule has 2 N–H and O–H groups in total. The van der Waals surface area contributed by atoms with Gasteiger partial charge in [0.25, 0.3) is 0 Å². The number of hydrogen-bond acceptors (Lipinski definition) is 3. The largest absolute Gasteiger partial charge is 0.393 e. The number of hydrogen-bond donors (Lipinski definition) is 2. The molecule has 4 nitrogen and oxygen atoms in total. The lowest BCUT2D eigenvalue weighted by atomic mass is 9.94. The van der Waals surface area contributed by atoms with Crippen molar-refractivity contribution in [2.45, 2.75) is 57.6 Å². The summed E-state index contributed by atoms with van der Waals surface area (Å²) in [5.41, 5.74) is 0. The van der Waals surface area contributed by atoms with E-state index in [1.807, 2.05) is 0 Å². The van der Waals surface area contributed by atoms with E-state index in [9.17, 15) is 9.90 Å². The first kappa shape index (κ1) is 13.8. The molecular formula is C14H26N2O2. The van der Waals surface area contributed by atoms with E-state index in [0.29, 0.717) is 18.5 Å². The van der Waals surface area contributed by atoms with Crippen molar-refractivity contribution in [2.24, 2.45) is 5.92 Å². The van der Waals surface area contributed by atoms with Crippen LogP contribution in [0.5, 0.6) is 0 Å². The topological polar surface area (TPSA) is 52.6 Å². The van der Waals surface area contributed by atoms with Crippen molar-refractivity contribution in [2.75, 3.05) is 19.6 Å². The molecule has 0 aromatic rings. The molecule has 0 aromatic heterocycles. The quantitative estimate of drug-likeness (QED) is 0.773. The van der Waals surface area contributed by atoms with Crippen LogP contribution in [0.15, 0.2) is 0 Å². The van der Waals surface area contributed by atoms with E-state index >= 15 is 0 Å². The molecule has 1 heterocycles. The summed E-state index contributed by atoms with van der Waals surface area (Å²) in [5.74, 6) is 0.530. The van der Waals surface area contributed by atoms with Gasteiger partial charge in [-0.2, -0.15) is 0 Å². The molecule has 0 spiro atoms. The van der Waals surface area contributed by atoms with Crippen molar-refractivity contribution in [3.05, 3.63) is 0 Å². The summed E-state index contributed by atoms with van der Waals surface area (Å²) in [7, 11) is 0. The highest BCUT2D eigenvalue weighted by Gasteiger charge is 2.38. The van der Waals surface area contributed by atoms with Gasteiger partial charge in [-0.05, 0) is 38.6 Å². The molecule has 1 aliphatic carbocycles. The summed E-state index contributed by atoms with van der Waals surface area (Å²) < 4.78 is 0. The van der Waals surface area contributed by atoms with Gasteiger partial charge in [-0.1, -0.05) is 13.3 Å². The predicted molar refractivity (Wildman–Crippen MR) is 71.2 cm³/mol. The minimum absolute atomic E-state index is 0.135. The van der Waals surface area contributed by atoms with Crippen molar-refractivity contribution < 1.29 is 9.90 Å². The molecule has 1 saturated carbocycles. The maximum atomic E-state index is 11.8. The molecule has 18 heavy (non-hydrogen) atoms. The highest BCUT2D eigenvalue weighted by molar-refractivity contribution is 5.78. The molecule has 1 aliphatic heterocycles. The Morgan fingerprint density at radius 3 is 2.83 bits per heavy atom. The van der Waals surface area contributed by atoms with Crippen molar-refractivity contribution >= 4 is 5.91 Å². The first-order valence-electron chi connectivity index (χ1n) is 7.41. The van der Waals surface area contributed by atoms with E-state index in [4.69, 9.17) is 0 Å². The third-order valence-corrected chi connectivity index (χ3v) is 4.36. The van der Waals surface area contributed by atoms with Crippen LogP contribution >= 0.6 is 0 Å². The first-order valence-corrected chi connectivity index (χ1v) is 7.41. The van der Waals surface area contributed by atoms with Crippen LogP contribution < -0.4 is 5.32 Å². The van der Waals surface area contributed by atoms with Crippen LogP contribution in [0.4, 0.5) is 0 Å². The monoisotopic (exact) mass is 254 g/mol. The summed E-state index contributed by atoms with van der Waals surface area (Å²) in [6, 6.07) is 0.426. The van der Waals surface area contributed by atoms with Crippen LogP contribution in [-0.2, 0) is 4.79 Å². The summed E-state index contributed by atoms with van der Waals surface area (Å²) in [6.45, 7) is 4.35. The molecular weight excluding hydrogens is 228 g/mol. The second kappa shape index (κ2) is 6.53. The summed E-state index contributed by atoms with van der Waals surface area (Å²) in [4.78, 5) is 14.1. The second-order valence-electron chi connectivity index (χ2n) is 5.69. The van der Waals surface area contributed by atoms with E-state index in [-0.39, 0.29) is 12.0 Å². The van der Waals surface area contributed by atoms with Gasteiger partial charge in [0.05, 0.1) is 12.6 Å². The molecule has 0 radical (unpaired) electrons. The van der Waals surface area contributed by atoms with Gasteiger partial charge >= 0.3 is 0 Å². The van der Waals surface area contributed by atoms with E-state index in [1.165, 1.54) is 0 Å². The molecule has 3 unspecified atom stereocenters. The van der Waals surface area contributed by atoms with Gasteiger partial charge < -0.3 is 10.4 Å². The molecule has 0 bridgehead atoms. The number of nitrogens with one attached hydrogen (secondary N) is 1. The average Bonchev–Trinajstić information content (AvgIpc) is 2.95. The molecule has 4 heteroatoms. The number of nitrogens with zero attached hydrogens (tertiary/aromatic N) is 1. The number of aliphatic hydroxyl groups excluding tert-OH is 1. The average molecular weight is 254 g/mol. The Bertz CT molecular complexity index is 283. The van der Waals surface area contributed by atoms with Crippen LogP contribution in [0.25, 0.3) is 0 Å². The third-order valence-electron chi connectivity index (χ3n) is 4.36. The summed E-state index contributed by atoms with van der Waals surface area (Å²) in [5, 5.41) is 13.0. The van der Waals surface area contributed by atoms with Gasteiger partial charge in [-0.3, -0.25) is 9.69 Å². The van der Waals surface area contributed by atoms with Crippen LogP contribution in [0.2, 0.25) is 0 Å². The number of carbonyl (C=O) groups excluding carboxylic acids is 1. The lowest BCUT2D eigenvalue weighted by Gasteiger charge is -2.30. The van der Waals surface area contributed by atoms with Gasteiger partial charge in [0.1, 0.15) is 0 Å². The fraction of sp³-hybridized carbons (Fsp3) is 0.929. The van der Waals surface area contributed by atoms with Crippen molar-refractivity contribution in [1.29, 1.82) is 0 Å². The summed E-state index contributed by atoms with van der Waals surface area (Å²) in [6.07, 6.45) is 6.34. The van der Waals surface area contributed by atoms with Crippen LogP contribution in [0, 0.1) is 5.92 Å². The number of amides is 1. The molecule has 2 rings (SSSR count). The lowest BCUT2D eigenvalue weighted by Crippen LogP contribution is -2.44. The van der Waals surface area contributed by atoms with E-state index < -0.39 is 0 Å². The molecule has 0 aromatic carbocycles. The molecule has 2 fully saturated rings. The Balaban J connectivity index is 1.85. The predicted octanol–water partition coefficient (Wildman–Crippen LogP) is 1.14. The number of carbonyl (C=O) groups is 1. The fourth-order valence-electron chi connectivity index (χ4n) is 3.46. The zero-order valence-electron chi connectivity index (χ0n) is 11.4. The van der Waals surface area contributed by atoms with E-state index in [2.05, 4.69) is 17.1 Å². The number of likely N-dealkylation sites (tertiary alicyclic amines) is 1. The Kier molecular flexibility index (Phi) is 5.01. The third kappa shape index (κ3) is 3.23. The SMILES string of the molecule is CCCNC(=O)CN1CCCC1C1CCCC1O.